The van der Waals surface area contributed by atoms with Crippen LogP contribution in [0.1, 0.15) is 5.69 Å². The summed E-state index contributed by atoms with van der Waals surface area (Å²) in [7, 11) is 3.13. The van der Waals surface area contributed by atoms with Crippen molar-refractivity contribution in [2.24, 2.45) is 0 Å². The molecule has 0 aliphatic carbocycles. The number of hydrogen-bond donors (Lipinski definition) is 1. The number of halogens is 1. The minimum Gasteiger partial charge on any atom is -0.480 e. The molecule has 2 N–H and O–H groups in total. The fraction of sp³-hybridized carbons (Fsp3) is 0.273. The van der Waals surface area contributed by atoms with Gasteiger partial charge >= 0.3 is 0 Å². The SMILES string of the molecule is COCc1nc(-c2ccc(OC)nn2)nc(N)c1I. The average Bonchev–Trinajstić information content (AvgIpc) is 2.44. The molecule has 8 heteroatoms. The Hall–Kier alpha value is -1.55. The van der Waals surface area contributed by atoms with Crippen LogP contribution in [0.2, 0.25) is 0 Å². The lowest BCUT2D eigenvalue weighted by molar-refractivity contribution is 0.181. The predicted octanol–water partition coefficient (Wildman–Crippen LogP) is 1.28. The Morgan fingerprint density at radius 1 is 1.21 bits per heavy atom. The Balaban J connectivity index is 2.43. The molecule has 7 nitrogen and oxygen atoms in total. The summed E-state index contributed by atoms with van der Waals surface area (Å²) in [6.07, 6.45) is 0. The van der Waals surface area contributed by atoms with Crippen molar-refractivity contribution in [1.29, 1.82) is 0 Å². The molecule has 0 aliphatic heterocycles. The highest BCUT2D eigenvalue weighted by Crippen LogP contribution is 2.21. The molecule has 100 valence electrons. The van der Waals surface area contributed by atoms with Gasteiger partial charge in [-0.2, -0.15) is 0 Å². The number of nitrogens with two attached hydrogens (primary N) is 1. The van der Waals surface area contributed by atoms with Crippen LogP contribution in [0.25, 0.3) is 11.5 Å². The van der Waals surface area contributed by atoms with E-state index in [1.54, 1.807) is 19.2 Å². The maximum atomic E-state index is 5.86. The van der Waals surface area contributed by atoms with E-state index in [-0.39, 0.29) is 0 Å². The van der Waals surface area contributed by atoms with E-state index < -0.39 is 0 Å². The van der Waals surface area contributed by atoms with Crippen LogP contribution in [0.15, 0.2) is 12.1 Å². The average molecular weight is 373 g/mol. The zero-order chi connectivity index (χ0) is 13.8. The molecule has 0 saturated heterocycles. The maximum Gasteiger partial charge on any atom is 0.233 e. The molecule has 0 aliphatic rings. The largest absolute Gasteiger partial charge is 0.480 e. The topological polar surface area (TPSA) is 96.0 Å². The van der Waals surface area contributed by atoms with Crippen LogP contribution in [-0.2, 0) is 11.3 Å². The van der Waals surface area contributed by atoms with Crippen LogP contribution in [-0.4, -0.2) is 34.4 Å². The first kappa shape index (κ1) is 13.9. The van der Waals surface area contributed by atoms with Crippen molar-refractivity contribution in [2.75, 3.05) is 20.0 Å². The molecule has 0 atom stereocenters. The zero-order valence-corrected chi connectivity index (χ0v) is 12.6. The van der Waals surface area contributed by atoms with Gasteiger partial charge in [0.1, 0.15) is 11.5 Å². The highest BCUT2D eigenvalue weighted by atomic mass is 127. The number of nitrogens with zero attached hydrogens (tertiary/aromatic N) is 4. The highest BCUT2D eigenvalue weighted by Gasteiger charge is 2.12. The Labute approximate surface area is 123 Å². The number of anilines is 1. The Morgan fingerprint density at radius 2 is 2.00 bits per heavy atom. The van der Waals surface area contributed by atoms with Crippen LogP contribution in [0.4, 0.5) is 5.82 Å². The second kappa shape index (κ2) is 6.06. The fourth-order valence-electron chi connectivity index (χ4n) is 1.41. The highest BCUT2D eigenvalue weighted by molar-refractivity contribution is 14.1. The van der Waals surface area contributed by atoms with Gasteiger partial charge < -0.3 is 15.2 Å². The lowest BCUT2D eigenvalue weighted by atomic mass is 10.3. The third kappa shape index (κ3) is 3.07. The van der Waals surface area contributed by atoms with Gasteiger partial charge in [-0.05, 0) is 28.7 Å². The molecule has 0 fully saturated rings. The van der Waals surface area contributed by atoms with Gasteiger partial charge in [-0.1, -0.05) is 0 Å². The Kier molecular flexibility index (Phi) is 4.43. The van der Waals surface area contributed by atoms with Crippen LogP contribution in [0, 0.1) is 3.57 Å². The van der Waals surface area contributed by atoms with E-state index in [0.717, 1.165) is 9.26 Å². The molecular formula is C11H12IN5O2. The van der Waals surface area contributed by atoms with E-state index in [0.29, 0.717) is 29.8 Å². The molecule has 2 rings (SSSR count). The second-order valence-corrected chi connectivity index (χ2v) is 4.67. The summed E-state index contributed by atoms with van der Waals surface area (Å²) in [6.45, 7) is 0.363. The van der Waals surface area contributed by atoms with Gasteiger partial charge in [-0.25, -0.2) is 9.97 Å². The van der Waals surface area contributed by atoms with E-state index in [9.17, 15) is 0 Å². The summed E-state index contributed by atoms with van der Waals surface area (Å²) in [5.74, 6) is 1.25. The third-order valence-electron chi connectivity index (χ3n) is 2.30. The molecule has 2 aromatic heterocycles. The lowest BCUT2D eigenvalue weighted by Crippen LogP contribution is -2.06. The summed E-state index contributed by atoms with van der Waals surface area (Å²) in [5.41, 5.74) is 7.11. The molecule has 2 aromatic rings. The van der Waals surface area contributed by atoms with Gasteiger partial charge in [-0.3, -0.25) is 0 Å². The molecule has 0 amide bonds. The monoisotopic (exact) mass is 373 g/mol. The first-order valence-electron chi connectivity index (χ1n) is 5.34. The molecule has 0 aromatic carbocycles. The second-order valence-electron chi connectivity index (χ2n) is 3.59. The predicted molar refractivity (Wildman–Crippen MR) is 77.5 cm³/mol. The number of methoxy groups -OCH3 is 2. The summed E-state index contributed by atoms with van der Waals surface area (Å²) >= 11 is 2.09. The lowest BCUT2D eigenvalue weighted by Gasteiger charge is -2.07. The quantitative estimate of drug-likeness (QED) is 0.807. The maximum absolute atomic E-state index is 5.86. The number of aromatic nitrogens is 4. The third-order valence-corrected chi connectivity index (χ3v) is 3.48. The van der Waals surface area contributed by atoms with Crippen LogP contribution < -0.4 is 10.5 Å². The normalized spacial score (nSPS) is 10.5. The van der Waals surface area contributed by atoms with Gasteiger partial charge in [0.15, 0.2) is 5.82 Å². The van der Waals surface area contributed by atoms with Crippen molar-refractivity contribution in [3.8, 4) is 17.4 Å². The Morgan fingerprint density at radius 3 is 2.58 bits per heavy atom. The summed E-state index contributed by atoms with van der Waals surface area (Å²) in [6, 6.07) is 3.42. The van der Waals surface area contributed by atoms with Gasteiger partial charge in [0.2, 0.25) is 5.88 Å². The summed E-state index contributed by atoms with van der Waals surface area (Å²) in [4.78, 5) is 8.58. The minimum atomic E-state index is 0.363. The molecule has 0 spiro atoms. The number of rotatable bonds is 4. The van der Waals surface area contributed by atoms with Crippen LogP contribution >= 0.6 is 22.6 Å². The minimum absolute atomic E-state index is 0.363. The molecule has 0 saturated carbocycles. The molecule has 0 bridgehead atoms. The molecule has 19 heavy (non-hydrogen) atoms. The number of hydrogen-bond acceptors (Lipinski definition) is 7. The van der Waals surface area contributed by atoms with E-state index >= 15 is 0 Å². The van der Waals surface area contributed by atoms with Gasteiger partial charge in [-0.15, -0.1) is 10.2 Å². The number of ether oxygens (including phenoxy) is 2. The zero-order valence-electron chi connectivity index (χ0n) is 10.4. The van der Waals surface area contributed by atoms with E-state index in [1.165, 1.54) is 7.11 Å². The first-order valence-corrected chi connectivity index (χ1v) is 6.42. The summed E-state index contributed by atoms with van der Waals surface area (Å²) < 4.78 is 10.8. The fourth-order valence-corrected chi connectivity index (χ4v) is 1.80. The van der Waals surface area contributed by atoms with Crippen molar-refractivity contribution in [3.63, 3.8) is 0 Å². The van der Waals surface area contributed by atoms with Crippen molar-refractivity contribution in [2.45, 2.75) is 6.61 Å². The Bertz CT molecular complexity index is 576. The summed E-state index contributed by atoms with van der Waals surface area (Å²) in [5, 5.41) is 7.87. The smallest absolute Gasteiger partial charge is 0.233 e. The molecule has 0 unspecified atom stereocenters. The first-order chi connectivity index (χ1) is 9.15. The van der Waals surface area contributed by atoms with Crippen molar-refractivity contribution < 1.29 is 9.47 Å². The van der Waals surface area contributed by atoms with Gasteiger partial charge in [0.25, 0.3) is 0 Å². The van der Waals surface area contributed by atoms with E-state index in [2.05, 4.69) is 42.8 Å². The molecule has 2 heterocycles. The molecular weight excluding hydrogens is 361 g/mol. The molecule has 0 radical (unpaired) electrons. The van der Waals surface area contributed by atoms with Crippen molar-refractivity contribution in [1.82, 2.24) is 20.2 Å². The van der Waals surface area contributed by atoms with Gasteiger partial charge in [0, 0.05) is 13.2 Å². The van der Waals surface area contributed by atoms with E-state index in [4.69, 9.17) is 15.2 Å². The van der Waals surface area contributed by atoms with Crippen molar-refractivity contribution in [3.05, 3.63) is 21.4 Å². The number of nitrogen functional groups attached to an aromatic ring is 1. The standard InChI is InChI=1S/C11H12IN5O2/c1-18-5-7-9(12)10(13)15-11(14-7)6-3-4-8(19-2)17-16-6/h3-4H,5H2,1-2H3,(H2,13,14,15). The van der Waals surface area contributed by atoms with E-state index in [1.807, 2.05) is 0 Å². The van der Waals surface area contributed by atoms with Crippen molar-refractivity contribution >= 4 is 28.4 Å². The van der Waals surface area contributed by atoms with Crippen LogP contribution in [0.3, 0.4) is 0 Å². The van der Waals surface area contributed by atoms with Gasteiger partial charge in [0.05, 0.1) is 23.0 Å². The van der Waals surface area contributed by atoms with Crippen LogP contribution in [0.5, 0.6) is 5.88 Å².